The van der Waals surface area contributed by atoms with Gasteiger partial charge in [0.2, 0.25) is 27.3 Å². The number of likely N-dealkylation sites (N-methyl/N-ethyl adjacent to an activating group) is 1. The second-order valence-electron chi connectivity index (χ2n) is 9.51. The number of carbonyl (C=O) groups is 1. The maximum absolute atomic E-state index is 15.8. The normalized spacial score (nSPS) is 18.0. The number of benzene rings is 1. The van der Waals surface area contributed by atoms with E-state index < -0.39 is 50.7 Å². The Labute approximate surface area is 240 Å². The lowest BCUT2D eigenvalue weighted by atomic mass is 10.0. The molecule has 0 aliphatic carbocycles. The molecule has 15 heteroatoms. The van der Waals surface area contributed by atoms with Gasteiger partial charge in [-0.25, -0.2) is 9.18 Å². The van der Waals surface area contributed by atoms with Crippen LogP contribution in [-0.4, -0.2) is 97.0 Å². The van der Waals surface area contributed by atoms with Gasteiger partial charge in [0.05, 0.1) is 37.3 Å². The molecule has 12 nitrogen and oxygen atoms in total. The summed E-state index contributed by atoms with van der Waals surface area (Å²) in [6.45, 7) is 10.1. The molecule has 2 aromatic rings. The number of halogens is 1. The SMILES string of the molecule is CCOP(OCC)C(O)(C1COc2c(N3CCN(C)CC3)c(F)cc3c(=O)c(C(=O)O)cn1c23)P(OCC)OCC. The van der Waals surface area contributed by atoms with E-state index in [0.29, 0.717) is 26.2 Å². The van der Waals surface area contributed by atoms with Crippen LogP contribution < -0.4 is 15.1 Å². The number of anilines is 1. The van der Waals surface area contributed by atoms with E-state index >= 15 is 4.39 Å². The summed E-state index contributed by atoms with van der Waals surface area (Å²) in [4.78, 5) is 29.5. The lowest BCUT2D eigenvalue weighted by molar-refractivity contribution is 0.0553. The van der Waals surface area contributed by atoms with Crippen molar-refractivity contribution in [2.75, 3.05) is 71.2 Å². The molecule has 1 saturated heterocycles. The van der Waals surface area contributed by atoms with Gasteiger partial charge in [-0.1, -0.05) is 0 Å². The maximum Gasteiger partial charge on any atom is 0.341 e. The molecule has 41 heavy (non-hydrogen) atoms. The Morgan fingerprint density at radius 3 is 2.07 bits per heavy atom. The second kappa shape index (κ2) is 13.6. The van der Waals surface area contributed by atoms with Crippen LogP contribution in [0.15, 0.2) is 17.1 Å². The van der Waals surface area contributed by atoms with Crippen LogP contribution in [0.25, 0.3) is 10.9 Å². The van der Waals surface area contributed by atoms with E-state index in [2.05, 4.69) is 4.90 Å². The number of carboxylic acid groups (broad SMARTS) is 1. The van der Waals surface area contributed by atoms with Crippen molar-refractivity contribution >= 4 is 39.3 Å². The fraction of sp³-hybridized carbons (Fsp3) is 0.615. The second-order valence-corrected chi connectivity index (χ2v) is 13.3. The molecule has 1 aromatic carbocycles. The summed E-state index contributed by atoms with van der Waals surface area (Å²) in [6, 6.07) is -0.0138. The number of ether oxygens (including phenoxy) is 1. The number of nitrogens with zero attached hydrogens (tertiary/aromatic N) is 3. The van der Waals surface area contributed by atoms with Crippen LogP contribution in [0.5, 0.6) is 5.75 Å². The molecular weight excluding hydrogens is 579 g/mol. The van der Waals surface area contributed by atoms with Crippen molar-refractivity contribution in [2.45, 2.75) is 38.8 Å². The topological polar surface area (TPSA) is 132 Å². The van der Waals surface area contributed by atoms with Crippen molar-refractivity contribution < 1.29 is 42.2 Å². The molecule has 0 saturated carbocycles. The molecule has 2 aliphatic rings. The molecule has 1 fully saturated rings. The number of rotatable bonds is 13. The van der Waals surface area contributed by atoms with Gasteiger partial charge in [-0.05, 0) is 40.8 Å². The van der Waals surface area contributed by atoms with Crippen LogP contribution in [0.3, 0.4) is 0 Å². The lowest BCUT2D eigenvalue weighted by Gasteiger charge is -2.46. The summed E-state index contributed by atoms with van der Waals surface area (Å²) in [5.74, 6) is -2.05. The predicted octanol–water partition coefficient (Wildman–Crippen LogP) is 3.94. The quantitative estimate of drug-likeness (QED) is 0.317. The molecule has 3 heterocycles. The molecule has 2 aliphatic heterocycles. The highest BCUT2D eigenvalue weighted by Gasteiger charge is 2.58. The average molecular weight is 618 g/mol. The van der Waals surface area contributed by atoms with Crippen LogP contribution >= 0.6 is 16.8 Å². The van der Waals surface area contributed by atoms with Crippen LogP contribution in [0, 0.1) is 5.82 Å². The van der Waals surface area contributed by atoms with E-state index in [-0.39, 0.29) is 55.4 Å². The van der Waals surface area contributed by atoms with Crippen molar-refractivity contribution in [1.29, 1.82) is 0 Å². The summed E-state index contributed by atoms with van der Waals surface area (Å²) in [6.07, 6.45) is 1.18. The molecule has 1 unspecified atom stereocenters. The minimum Gasteiger partial charge on any atom is -0.487 e. The smallest absolute Gasteiger partial charge is 0.341 e. The van der Waals surface area contributed by atoms with Gasteiger partial charge in [0.25, 0.3) is 0 Å². The first-order valence-corrected chi connectivity index (χ1v) is 16.0. The van der Waals surface area contributed by atoms with Gasteiger partial charge in [0.1, 0.15) is 23.9 Å². The molecule has 0 amide bonds. The van der Waals surface area contributed by atoms with E-state index in [1.807, 2.05) is 11.9 Å². The third-order valence-electron chi connectivity index (χ3n) is 6.94. The maximum atomic E-state index is 15.8. The average Bonchev–Trinajstić information content (AvgIpc) is 2.94. The van der Waals surface area contributed by atoms with Gasteiger partial charge >= 0.3 is 5.97 Å². The van der Waals surface area contributed by atoms with E-state index in [1.54, 1.807) is 27.7 Å². The fourth-order valence-electron chi connectivity index (χ4n) is 5.08. The van der Waals surface area contributed by atoms with Crippen molar-refractivity contribution in [3.8, 4) is 5.75 Å². The van der Waals surface area contributed by atoms with Crippen molar-refractivity contribution in [3.05, 3.63) is 33.9 Å². The van der Waals surface area contributed by atoms with Crippen molar-refractivity contribution in [3.63, 3.8) is 0 Å². The molecule has 4 rings (SSSR count). The summed E-state index contributed by atoms with van der Waals surface area (Å²) in [5, 5.41) is 20.4. The number of aliphatic hydroxyl groups is 1. The van der Waals surface area contributed by atoms with Gasteiger partial charge in [0, 0.05) is 32.4 Å². The number of hydrogen-bond donors (Lipinski definition) is 2. The number of aromatic nitrogens is 1. The van der Waals surface area contributed by atoms with E-state index in [9.17, 15) is 19.8 Å². The minimum atomic E-state index is -2.11. The number of aromatic carboxylic acids is 1. The van der Waals surface area contributed by atoms with Gasteiger partial charge in [-0.2, -0.15) is 0 Å². The van der Waals surface area contributed by atoms with Crippen molar-refractivity contribution in [2.24, 2.45) is 0 Å². The van der Waals surface area contributed by atoms with E-state index in [4.69, 9.17) is 22.8 Å². The summed E-state index contributed by atoms with van der Waals surface area (Å²) in [7, 11) is -2.24. The lowest BCUT2D eigenvalue weighted by Crippen LogP contribution is -2.46. The van der Waals surface area contributed by atoms with Crippen LogP contribution in [0.2, 0.25) is 0 Å². The van der Waals surface area contributed by atoms with Crippen molar-refractivity contribution in [1.82, 2.24) is 9.47 Å². The van der Waals surface area contributed by atoms with Gasteiger partial charge < -0.3 is 47.4 Å². The number of hydrogen-bond acceptors (Lipinski definition) is 10. The first kappa shape index (κ1) is 32.0. The van der Waals surface area contributed by atoms with Gasteiger partial charge in [0.15, 0.2) is 11.6 Å². The molecular formula is C26H38FN3O9P2. The first-order valence-electron chi connectivity index (χ1n) is 13.7. The highest BCUT2D eigenvalue weighted by atomic mass is 31.2. The summed E-state index contributed by atoms with van der Waals surface area (Å²) in [5.41, 5.74) is -1.05. The van der Waals surface area contributed by atoms with Crippen LogP contribution in [0.4, 0.5) is 10.1 Å². The van der Waals surface area contributed by atoms with Crippen LogP contribution in [0.1, 0.15) is 44.1 Å². The standard InChI is InChI=1S/C26H38FN3O9P2/c1-6-36-40(37-7-2)26(34,41(38-8-3)39-9-4)20-16-35-24-21-17(23(31)18(25(32)33)15-30(20)21)14-19(27)22(24)29-12-10-28(5)11-13-29/h14-15,20,34H,6-13,16H2,1-5H3,(H,32,33). The van der Waals surface area contributed by atoms with E-state index in [0.717, 1.165) is 6.07 Å². The summed E-state index contributed by atoms with van der Waals surface area (Å²) >= 11 is 0. The highest BCUT2D eigenvalue weighted by molar-refractivity contribution is 7.67. The Hall–Kier alpha value is -1.95. The highest BCUT2D eigenvalue weighted by Crippen LogP contribution is 2.72. The molecule has 1 atom stereocenters. The van der Waals surface area contributed by atoms with Crippen LogP contribution in [-0.2, 0) is 18.1 Å². The number of carboxylic acids is 1. The molecule has 0 spiro atoms. The zero-order valence-corrected chi connectivity index (χ0v) is 25.8. The van der Waals surface area contributed by atoms with Gasteiger partial charge in [-0.3, -0.25) is 4.79 Å². The monoisotopic (exact) mass is 617 g/mol. The Bertz CT molecular complexity index is 1280. The molecule has 228 valence electrons. The zero-order valence-electron chi connectivity index (χ0n) is 24.0. The fourth-order valence-corrected chi connectivity index (χ4v) is 9.04. The van der Waals surface area contributed by atoms with Gasteiger partial charge in [-0.15, -0.1) is 0 Å². The Kier molecular flexibility index (Phi) is 10.6. The molecule has 2 N–H and O–H groups in total. The molecule has 0 bridgehead atoms. The Balaban J connectivity index is 2.03. The largest absolute Gasteiger partial charge is 0.487 e. The summed E-state index contributed by atoms with van der Waals surface area (Å²) < 4.78 is 47.2. The Morgan fingerprint density at radius 1 is 1.05 bits per heavy atom. The minimum absolute atomic E-state index is 0.117. The molecule has 1 aromatic heterocycles. The zero-order chi connectivity index (χ0) is 29.9. The Morgan fingerprint density at radius 2 is 1.59 bits per heavy atom. The third kappa shape index (κ3) is 5.96. The number of piperazine rings is 1. The molecule has 0 radical (unpaired) electrons. The van der Waals surface area contributed by atoms with E-state index in [1.165, 1.54) is 10.8 Å². The predicted molar refractivity (Wildman–Crippen MR) is 155 cm³/mol. The first-order chi connectivity index (χ1) is 19.6. The number of pyridine rings is 1. The third-order valence-corrected chi connectivity index (χ3v) is 11.6.